The van der Waals surface area contributed by atoms with E-state index in [4.69, 9.17) is 18.9 Å². The fourth-order valence-corrected chi connectivity index (χ4v) is 3.46. The first-order valence-electron chi connectivity index (χ1n) is 8.47. The van der Waals surface area contributed by atoms with Crippen LogP contribution in [0.15, 0.2) is 29.8 Å². The lowest BCUT2D eigenvalue weighted by Gasteiger charge is -2.15. The van der Waals surface area contributed by atoms with Gasteiger partial charge in [0.1, 0.15) is 6.10 Å². The largest absolute Gasteiger partial charge is 0.493 e. The van der Waals surface area contributed by atoms with Gasteiger partial charge in [-0.25, -0.2) is 4.98 Å². The minimum atomic E-state index is -0.0611. The molecule has 2 aromatic rings. The minimum Gasteiger partial charge on any atom is -0.493 e. The van der Waals surface area contributed by atoms with Crippen LogP contribution in [0.3, 0.4) is 0 Å². The van der Waals surface area contributed by atoms with E-state index in [-0.39, 0.29) is 12.0 Å². The second kappa shape index (κ2) is 8.77. The first-order chi connectivity index (χ1) is 13.1. The summed E-state index contributed by atoms with van der Waals surface area (Å²) in [6, 6.07) is 3.59. The molecule has 0 bridgehead atoms. The SMILES string of the molecule is COc1cc(/C=C/C(=O)N2CCC(Oc3nccs3)C2)cc(OC)c1OC. The van der Waals surface area contributed by atoms with Crippen molar-refractivity contribution < 1.29 is 23.7 Å². The van der Waals surface area contributed by atoms with Crippen LogP contribution < -0.4 is 18.9 Å². The molecular weight excluding hydrogens is 368 g/mol. The number of carbonyl (C=O) groups is 1. The van der Waals surface area contributed by atoms with Gasteiger partial charge in [0, 0.05) is 30.6 Å². The fraction of sp³-hybridized carbons (Fsp3) is 0.368. The molecule has 0 radical (unpaired) electrons. The number of nitrogens with zero attached hydrogens (tertiary/aromatic N) is 2. The van der Waals surface area contributed by atoms with E-state index in [9.17, 15) is 4.79 Å². The Labute approximate surface area is 162 Å². The normalized spacial score (nSPS) is 16.6. The Morgan fingerprint density at radius 1 is 1.22 bits per heavy atom. The van der Waals surface area contributed by atoms with Crippen molar-refractivity contribution >= 4 is 23.3 Å². The molecule has 3 rings (SSSR count). The molecule has 0 aliphatic carbocycles. The molecule has 1 aromatic heterocycles. The van der Waals surface area contributed by atoms with Gasteiger partial charge in [-0.15, -0.1) is 0 Å². The molecule has 27 heavy (non-hydrogen) atoms. The molecule has 2 heterocycles. The molecule has 1 amide bonds. The number of carbonyl (C=O) groups excluding carboxylic acids is 1. The highest BCUT2D eigenvalue weighted by molar-refractivity contribution is 7.11. The summed E-state index contributed by atoms with van der Waals surface area (Å²) in [7, 11) is 4.67. The maximum Gasteiger partial charge on any atom is 0.273 e. The molecule has 1 fully saturated rings. The molecule has 0 saturated carbocycles. The minimum absolute atomic E-state index is 0.0188. The van der Waals surface area contributed by atoms with E-state index in [0.717, 1.165) is 12.0 Å². The first kappa shape index (κ1) is 19.0. The summed E-state index contributed by atoms with van der Waals surface area (Å²) >= 11 is 1.45. The molecular formula is C19H22N2O5S. The van der Waals surface area contributed by atoms with Crippen LogP contribution in [0.1, 0.15) is 12.0 Å². The Hall–Kier alpha value is -2.74. The molecule has 0 spiro atoms. The molecule has 1 saturated heterocycles. The Morgan fingerprint density at radius 2 is 1.96 bits per heavy atom. The van der Waals surface area contributed by atoms with Crippen LogP contribution in [0.25, 0.3) is 6.08 Å². The zero-order valence-electron chi connectivity index (χ0n) is 15.5. The molecule has 7 nitrogen and oxygen atoms in total. The van der Waals surface area contributed by atoms with Gasteiger partial charge in [0.25, 0.3) is 5.19 Å². The second-order valence-corrected chi connectivity index (χ2v) is 6.76. The van der Waals surface area contributed by atoms with Crippen molar-refractivity contribution in [2.24, 2.45) is 0 Å². The molecule has 1 aliphatic heterocycles. The number of methoxy groups -OCH3 is 3. The summed E-state index contributed by atoms with van der Waals surface area (Å²) in [6.07, 6.45) is 5.77. The van der Waals surface area contributed by atoms with Gasteiger partial charge in [0.15, 0.2) is 11.5 Å². The number of hydrogen-bond acceptors (Lipinski definition) is 7. The van der Waals surface area contributed by atoms with Crippen LogP contribution in [0.4, 0.5) is 0 Å². The fourth-order valence-electron chi connectivity index (χ4n) is 2.91. The van der Waals surface area contributed by atoms with E-state index < -0.39 is 0 Å². The zero-order chi connectivity index (χ0) is 19.2. The Morgan fingerprint density at radius 3 is 2.56 bits per heavy atom. The number of hydrogen-bond donors (Lipinski definition) is 0. The van der Waals surface area contributed by atoms with E-state index in [1.807, 2.05) is 5.38 Å². The van der Waals surface area contributed by atoms with E-state index in [2.05, 4.69) is 4.98 Å². The number of aromatic nitrogens is 1. The number of amides is 1. The van der Waals surface area contributed by atoms with Crippen LogP contribution in [0, 0.1) is 0 Å². The van der Waals surface area contributed by atoms with E-state index in [1.54, 1.807) is 56.7 Å². The van der Waals surface area contributed by atoms with E-state index in [1.165, 1.54) is 11.3 Å². The Bertz CT molecular complexity index is 781. The van der Waals surface area contributed by atoms with Crippen molar-refractivity contribution in [1.82, 2.24) is 9.88 Å². The number of thiazole rings is 1. The number of benzene rings is 1. The highest BCUT2D eigenvalue weighted by Crippen LogP contribution is 2.38. The van der Waals surface area contributed by atoms with Gasteiger partial charge in [0.2, 0.25) is 11.7 Å². The quantitative estimate of drug-likeness (QED) is 0.677. The van der Waals surface area contributed by atoms with Crippen LogP contribution in [0.2, 0.25) is 0 Å². The topological polar surface area (TPSA) is 70.1 Å². The van der Waals surface area contributed by atoms with Gasteiger partial charge < -0.3 is 23.8 Å². The first-order valence-corrected chi connectivity index (χ1v) is 9.35. The lowest BCUT2D eigenvalue weighted by Crippen LogP contribution is -2.29. The molecule has 1 atom stereocenters. The summed E-state index contributed by atoms with van der Waals surface area (Å²) < 4.78 is 21.8. The molecule has 1 unspecified atom stereocenters. The van der Waals surface area contributed by atoms with Crippen LogP contribution in [-0.4, -0.2) is 56.3 Å². The third-order valence-corrected chi connectivity index (χ3v) is 4.90. The van der Waals surface area contributed by atoms with Gasteiger partial charge >= 0.3 is 0 Å². The Kier molecular flexibility index (Phi) is 6.18. The third kappa shape index (κ3) is 4.51. The van der Waals surface area contributed by atoms with Crippen LogP contribution >= 0.6 is 11.3 Å². The average Bonchev–Trinajstić information content (AvgIpc) is 3.37. The summed E-state index contributed by atoms with van der Waals surface area (Å²) in [4.78, 5) is 18.4. The van der Waals surface area contributed by atoms with E-state index >= 15 is 0 Å². The van der Waals surface area contributed by atoms with Crippen molar-refractivity contribution in [3.8, 4) is 22.4 Å². The lowest BCUT2D eigenvalue weighted by atomic mass is 10.1. The maximum atomic E-state index is 12.5. The monoisotopic (exact) mass is 390 g/mol. The average molecular weight is 390 g/mol. The molecule has 1 aliphatic rings. The van der Waals surface area contributed by atoms with Crippen molar-refractivity contribution in [3.63, 3.8) is 0 Å². The van der Waals surface area contributed by atoms with Crippen molar-refractivity contribution in [1.29, 1.82) is 0 Å². The van der Waals surface area contributed by atoms with Gasteiger partial charge in [-0.2, -0.15) is 0 Å². The lowest BCUT2D eigenvalue weighted by molar-refractivity contribution is -0.125. The number of rotatable bonds is 7. The molecule has 0 N–H and O–H groups in total. The van der Waals surface area contributed by atoms with Gasteiger partial charge in [0.05, 0.1) is 27.9 Å². The van der Waals surface area contributed by atoms with Gasteiger partial charge in [-0.1, -0.05) is 11.3 Å². The summed E-state index contributed by atoms with van der Waals surface area (Å²) in [5, 5.41) is 2.51. The summed E-state index contributed by atoms with van der Waals surface area (Å²) in [5.74, 6) is 1.54. The van der Waals surface area contributed by atoms with E-state index in [0.29, 0.717) is 35.5 Å². The van der Waals surface area contributed by atoms with Crippen LogP contribution in [-0.2, 0) is 4.79 Å². The maximum absolute atomic E-state index is 12.5. The predicted molar refractivity (Wildman–Crippen MR) is 103 cm³/mol. The molecule has 144 valence electrons. The van der Waals surface area contributed by atoms with Crippen molar-refractivity contribution in [2.45, 2.75) is 12.5 Å². The number of ether oxygens (including phenoxy) is 4. The highest BCUT2D eigenvalue weighted by Gasteiger charge is 2.27. The smallest absolute Gasteiger partial charge is 0.273 e. The third-order valence-electron chi connectivity index (χ3n) is 4.24. The number of likely N-dealkylation sites (tertiary alicyclic amines) is 1. The summed E-state index contributed by atoms with van der Waals surface area (Å²) in [5.41, 5.74) is 0.785. The van der Waals surface area contributed by atoms with Gasteiger partial charge in [-0.3, -0.25) is 4.79 Å². The molecule has 1 aromatic carbocycles. The van der Waals surface area contributed by atoms with Gasteiger partial charge in [-0.05, 0) is 23.8 Å². The summed E-state index contributed by atoms with van der Waals surface area (Å²) in [6.45, 7) is 1.21. The standard InChI is InChI=1S/C19H22N2O5S/c1-23-15-10-13(11-16(24-2)18(15)25-3)4-5-17(22)21-8-6-14(12-21)26-19-20-7-9-27-19/h4-5,7,9-11,14H,6,8,12H2,1-3H3/b5-4+. The van der Waals surface area contributed by atoms with Crippen molar-refractivity contribution in [3.05, 3.63) is 35.3 Å². The van der Waals surface area contributed by atoms with Crippen molar-refractivity contribution in [2.75, 3.05) is 34.4 Å². The predicted octanol–water partition coefficient (Wildman–Crippen LogP) is 2.86. The Balaban J connectivity index is 1.64. The molecule has 8 heteroatoms. The highest BCUT2D eigenvalue weighted by atomic mass is 32.1. The van der Waals surface area contributed by atoms with Crippen LogP contribution in [0.5, 0.6) is 22.4 Å². The second-order valence-electron chi connectivity index (χ2n) is 5.90. The zero-order valence-corrected chi connectivity index (χ0v) is 16.3.